The highest BCUT2D eigenvalue weighted by Gasteiger charge is 2.22. The molecule has 1 fully saturated rings. The Morgan fingerprint density at radius 2 is 2.11 bits per heavy atom. The summed E-state index contributed by atoms with van der Waals surface area (Å²) in [5.41, 5.74) is 3.46. The van der Waals surface area contributed by atoms with Crippen LogP contribution in [0.2, 0.25) is 0 Å². The molecule has 1 saturated carbocycles. The van der Waals surface area contributed by atoms with Crippen LogP contribution in [-0.4, -0.2) is 30.1 Å². The lowest BCUT2D eigenvalue weighted by atomic mass is 9.95. The summed E-state index contributed by atoms with van der Waals surface area (Å²) in [7, 11) is 4.15. The summed E-state index contributed by atoms with van der Waals surface area (Å²) in [6, 6.07) is 4.25. The van der Waals surface area contributed by atoms with Gasteiger partial charge >= 0.3 is 0 Å². The van der Waals surface area contributed by atoms with Gasteiger partial charge in [-0.25, -0.2) is 0 Å². The summed E-state index contributed by atoms with van der Waals surface area (Å²) < 4.78 is 6.08. The quantitative estimate of drug-likeness (QED) is 0.800. The summed E-state index contributed by atoms with van der Waals surface area (Å²) in [5.74, 6) is 0. The van der Waals surface area contributed by atoms with Crippen molar-refractivity contribution in [2.45, 2.75) is 51.9 Å². The van der Waals surface area contributed by atoms with Crippen LogP contribution in [0.1, 0.15) is 49.2 Å². The first kappa shape index (κ1) is 13.5. The van der Waals surface area contributed by atoms with E-state index in [4.69, 9.17) is 4.74 Å². The Balaban J connectivity index is 2.13. The van der Waals surface area contributed by atoms with Crippen LogP contribution >= 0.6 is 0 Å². The molecule has 1 aliphatic rings. The Kier molecular flexibility index (Phi) is 4.36. The molecule has 0 radical (unpaired) electrons. The highest BCUT2D eigenvalue weighted by atomic mass is 16.5. The van der Waals surface area contributed by atoms with E-state index in [0.717, 1.165) is 17.9 Å². The molecule has 0 amide bonds. The van der Waals surface area contributed by atoms with Crippen molar-refractivity contribution in [2.75, 3.05) is 14.1 Å². The van der Waals surface area contributed by atoms with E-state index in [9.17, 15) is 0 Å². The molecule has 3 nitrogen and oxygen atoms in total. The average molecular weight is 248 g/mol. The molecular weight excluding hydrogens is 224 g/mol. The normalized spacial score (nSPS) is 17.8. The topological polar surface area (TPSA) is 25.4 Å². The maximum atomic E-state index is 6.08. The molecule has 0 bridgehead atoms. The predicted molar refractivity (Wildman–Crippen MR) is 73.5 cm³/mol. The van der Waals surface area contributed by atoms with Gasteiger partial charge < -0.3 is 9.64 Å². The second kappa shape index (κ2) is 5.81. The van der Waals surface area contributed by atoms with Crippen molar-refractivity contribution in [3.05, 3.63) is 29.1 Å². The molecule has 0 saturated heterocycles. The zero-order valence-corrected chi connectivity index (χ0v) is 11.9. The van der Waals surface area contributed by atoms with E-state index in [-0.39, 0.29) is 6.10 Å². The van der Waals surface area contributed by atoms with Gasteiger partial charge in [-0.1, -0.05) is 6.07 Å². The van der Waals surface area contributed by atoms with Crippen LogP contribution < -0.4 is 0 Å². The van der Waals surface area contributed by atoms with Crippen molar-refractivity contribution in [3.8, 4) is 0 Å². The molecule has 0 spiro atoms. The zero-order chi connectivity index (χ0) is 13.1. The number of pyridine rings is 1. The minimum Gasteiger partial charge on any atom is -0.371 e. The SMILES string of the molecule is Cc1ccc(C(C)OC2CCC2)c(CN(C)C)n1. The van der Waals surface area contributed by atoms with Crippen molar-refractivity contribution < 1.29 is 4.74 Å². The number of aromatic nitrogens is 1. The van der Waals surface area contributed by atoms with E-state index >= 15 is 0 Å². The first-order chi connectivity index (χ1) is 8.56. The fourth-order valence-electron chi connectivity index (χ4n) is 2.29. The summed E-state index contributed by atoms with van der Waals surface area (Å²) in [6.45, 7) is 5.06. The summed E-state index contributed by atoms with van der Waals surface area (Å²) in [4.78, 5) is 6.82. The molecule has 1 aliphatic carbocycles. The van der Waals surface area contributed by atoms with Crippen molar-refractivity contribution in [2.24, 2.45) is 0 Å². The van der Waals surface area contributed by atoms with E-state index in [1.807, 2.05) is 6.92 Å². The lowest BCUT2D eigenvalue weighted by Crippen LogP contribution is -2.24. The van der Waals surface area contributed by atoms with Gasteiger partial charge in [0.1, 0.15) is 0 Å². The molecule has 1 heterocycles. The van der Waals surface area contributed by atoms with Gasteiger partial charge in [0.2, 0.25) is 0 Å². The Bertz CT molecular complexity index is 399. The van der Waals surface area contributed by atoms with Crippen LogP contribution in [0.5, 0.6) is 0 Å². The number of hydrogen-bond acceptors (Lipinski definition) is 3. The van der Waals surface area contributed by atoms with E-state index in [0.29, 0.717) is 6.10 Å². The van der Waals surface area contributed by atoms with Gasteiger partial charge in [0.25, 0.3) is 0 Å². The predicted octanol–water partition coefficient (Wildman–Crippen LogP) is 3.08. The molecule has 1 atom stereocenters. The Morgan fingerprint density at radius 3 is 2.67 bits per heavy atom. The molecule has 1 unspecified atom stereocenters. The zero-order valence-electron chi connectivity index (χ0n) is 11.9. The second-order valence-corrected chi connectivity index (χ2v) is 5.56. The van der Waals surface area contributed by atoms with E-state index in [1.54, 1.807) is 0 Å². The molecule has 2 rings (SSSR count). The summed E-state index contributed by atoms with van der Waals surface area (Å²) >= 11 is 0. The van der Waals surface area contributed by atoms with Gasteiger partial charge in [-0.2, -0.15) is 0 Å². The fraction of sp³-hybridized carbons (Fsp3) is 0.667. The molecule has 0 N–H and O–H groups in total. The minimum absolute atomic E-state index is 0.151. The van der Waals surface area contributed by atoms with Crippen LogP contribution in [0.3, 0.4) is 0 Å². The number of ether oxygens (including phenoxy) is 1. The Morgan fingerprint density at radius 1 is 1.39 bits per heavy atom. The maximum absolute atomic E-state index is 6.08. The summed E-state index contributed by atoms with van der Waals surface area (Å²) in [6.07, 6.45) is 4.36. The highest BCUT2D eigenvalue weighted by molar-refractivity contribution is 5.25. The Hall–Kier alpha value is -0.930. The van der Waals surface area contributed by atoms with Gasteiger partial charge in [0, 0.05) is 17.8 Å². The first-order valence-corrected chi connectivity index (χ1v) is 6.83. The van der Waals surface area contributed by atoms with E-state index < -0.39 is 0 Å². The second-order valence-electron chi connectivity index (χ2n) is 5.56. The number of rotatable bonds is 5. The van der Waals surface area contributed by atoms with E-state index in [2.05, 4.69) is 43.0 Å². The van der Waals surface area contributed by atoms with E-state index in [1.165, 1.54) is 24.8 Å². The van der Waals surface area contributed by atoms with Crippen LogP contribution in [0, 0.1) is 6.92 Å². The molecule has 18 heavy (non-hydrogen) atoms. The Labute approximate surface area is 110 Å². The van der Waals surface area contributed by atoms with Gasteiger partial charge in [0.05, 0.1) is 17.9 Å². The number of nitrogens with zero attached hydrogens (tertiary/aromatic N) is 2. The monoisotopic (exact) mass is 248 g/mol. The molecule has 3 heteroatoms. The third-order valence-corrected chi connectivity index (χ3v) is 3.50. The van der Waals surface area contributed by atoms with Crippen molar-refractivity contribution >= 4 is 0 Å². The third-order valence-electron chi connectivity index (χ3n) is 3.50. The van der Waals surface area contributed by atoms with Crippen LogP contribution in [0.25, 0.3) is 0 Å². The molecule has 0 aliphatic heterocycles. The number of aryl methyl sites for hydroxylation is 1. The van der Waals surface area contributed by atoms with Crippen molar-refractivity contribution in [1.82, 2.24) is 9.88 Å². The van der Waals surface area contributed by atoms with Gasteiger partial charge in [-0.05, 0) is 53.3 Å². The first-order valence-electron chi connectivity index (χ1n) is 6.83. The van der Waals surface area contributed by atoms with Crippen molar-refractivity contribution in [1.29, 1.82) is 0 Å². The van der Waals surface area contributed by atoms with Crippen LogP contribution in [0.15, 0.2) is 12.1 Å². The van der Waals surface area contributed by atoms with Crippen LogP contribution in [-0.2, 0) is 11.3 Å². The average Bonchev–Trinajstić information content (AvgIpc) is 2.22. The van der Waals surface area contributed by atoms with Crippen LogP contribution in [0.4, 0.5) is 0 Å². The van der Waals surface area contributed by atoms with Gasteiger partial charge in [-0.15, -0.1) is 0 Å². The molecule has 100 valence electrons. The molecule has 0 aromatic carbocycles. The van der Waals surface area contributed by atoms with Gasteiger partial charge in [-0.3, -0.25) is 4.98 Å². The minimum atomic E-state index is 0.151. The fourth-order valence-corrected chi connectivity index (χ4v) is 2.29. The molecule has 1 aromatic heterocycles. The summed E-state index contributed by atoms with van der Waals surface area (Å²) in [5, 5.41) is 0. The smallest absolute Gasteiger partial charge is 0.0818 e. The standard InChI is InChI=1S/C15H24N2O/c1-11-8-9-14(15(16-11)10-17(3)4)12(2)18-13-6-5-7-13/h8-9,12-13H,5-7,10H2,1-4H3. The maximum Gasteiger partial charge on any atom is 0.0818 e. The highest BCUT2D eigenvalue weighted by Crippen LogP contribution is 2.30. The largest absolute Gasteiger partial charge is 0.371 e. The molecular formula is C15H24N2O. The third kappa shape index (κ3) is 3.30. The lowest BCUT2D eigenvalue weighted by Gasteiger charge is -2.30. The van der Waals surface area contributed by atoms with Gasteiger partial charge in [0.15, 0.2) is 0 Å². The molecule has 1 aromatic rings. The van der Waals surface area contributed by atoms with Crippen molar-refractivity contribution in [3.63, 3.8) is 0 Å². The lowest BCUT2D eigenvalue weighted by molar-refractivity contribution is -0.0451. The number of hydrogen-bond donors (Lipinski definition) is 0.